The second kappa shape index (κ2) is 5.20. The van der Waals surface area contributed by atoms with E-state index in [0.29, 0.717) is 11.8 Å². The average Bonchev–Trinajstić information content (AvgIpc) is 2.16. The van der Waals surface area contributed by atoms with Gasteiger partial charge in [-0.1, -0.05) is 45.9 Å². The summed E-state index contributed by atoms with van der Waals surface area (Å²) >= 11 is 0. The van der Waals surface area contributed by atoms with Crippen LogP contribution in [0.1, 0.15) is 44.7 Å². The number of hydrogen-bond acceptors (Lipinski definition) is 1. The summed E-state index contributed by atoms with van der Waals surface area (Å²) in [7, 11) is 1.77. The van der Waals surface area contributed by atoms with Crippen molar-refractivity contribution in [2.75, 3.05) is 7.11 Å². The fourth-order valence-corrected chi connectivity index (χ4v) is 1.91. The van der Waals surface area contributed by atoms with E-state index < -0.39 is 0 Å². The molecule has 1 aromatic carbocycles. The van der Waals surface area contributed by atoms with Gasteiger partial charge in [-0.2, -0.15) is 0 Å². The smallest absolute Gasteiger partial charge is 0.125 e. The van der Waals surface area contributed by atoms with Crippen LogP contribution in [-0.2, 0) is 6.42 Å². The maximum atomic E-state index is 5.54. The van der Waals surface area contributed by atoms with Gasteiger partial charge in [-0.25, -0.2) is 0 Å². The molecule has 0 atom stereocenters. The lowest BCUT2D eigenvalue weighted by Crippen LogP contribution is -2.02. The lowest BCUT2D eigenvalue weighted by atomic mass is 9.95. The van der Waals surface area contributed by atoms with Gasteiger partial charge in [0.2, 0.25) is 0 Å². The summed E-state index contributed by atoms with van der Waals surface area (Å²) in [4.78, 5) is 0. The fraction of sp³-hybridized carbons (Fsp3) is 0.571. The standard InChI is InChI=1S/C14H22O/c1-10(2)9-12-7-6-8-13(11(3)4)14(12)15-5/h6-8,10-11H,9H2,1-5H3. The van der Waals surface area contributed by atoms with E-state index in [4.69, 9.17) is 4.74 Å². The Kier molecular flexibility index (Phi) is 4.19. The summed E-state index contributed by atoms with van der Waals surface area (Å²) in [6.07, 6.45) is 1.09. The van der Waals surface area contributed by atoms with E-state index in [1.807, 2.05) is 0 Å². The Bertz CT molecular complexity index is 313. The molecule has 0 radical (unpaired) electrons. The molecule has 0 heterocycles. The van der Waals surface area contributed by atoms with Gasteiger partial charge in [0.1, 0.15) is 5.75 Å². The highest BCUT2D eigenvalue weighted by molar-refractivity contribution is 5.43. The zero-order chi connectivity index (χ0) is 11.4. The SMILES string of the molecule is COc1c(CC(C)C)cccc1C(C)C. The lowest BCUT2D eigenvalue weighted by molar-refractivity contribution is 0.399. The van der Waals surface area contributed by atoms with Crippen LogP contribution in [0, 0.1) is 5.92 Å². The zero-order valence-electron chi connectivity index (χ0n) is 10.5. The van der Waals surface area contributed by atoms with Crippen LogP contribution in [-0.4, -0.2) is 7.11 Å². The molecule has 0 saturated carbocycles. The van der Waals surface area contributed by atoms with Crippen molar-refractivity contribution in [1.82, 2.24) is 0 Å². The van der Waals surface area contributed by atoms with E-state index in [-0.39, 0.29) is 0 Å². The minimum Gasteiger partial charge on any atom is -0.496 e. The lowest BCUT2D eigenvalue weighted by Gasteiger charge is -2.16. The zero-order valence-corrected chi connectivity index (χ0v) is 10.5. The number of ether oxygens (including phenoxy) is 1. The molecule has 0 aliphatic rings. The summed E-state index contributed by atoms with van der Waals surface area (Å²) in [6.45, 7) is 8.89. The van der Waals surface area contributed by atoms with E-state index >= 15 is 0 Å². The second-order valence-electron chi connectivity index (χ2n) is 4.79. The molecule has 0 aliphatic carbocycles. The van der Waals surface area contributed by atoms with E-state index in [1.165, 1.54) is 11.1 Å². The molecule has 0 saturated heterocycles. The third-order valence-corrected chi connectivity index (χ3v) is 2.58. The highest BCUT2D eigenvalue weighted by Gasteiger charge is 2.12. The normalized spacial score (nSPS) is 11.1. The molecule has 0 fully saturated rings. The average molecular weight is 206 g/mol. The van der Waals surface area contributed by atoms with Gasteiger partial charge in [0.15, 0.2) is 0 Å². The highest BCUT2D eigenvalue weighted by atomic mass is 16.5. The third-order valence-electron chi connectivity index (χ3n) is 2.58. The number of rotatable bonds is 4. The number of methoxy groups -OCH3 is 1. The summed E-state index contributed by atoms with van der Waals surface area (Å²) in [5.74, 6) is 2.27. The number of para-hydroxylation sites is 1. The Morgan fingerprint density at radius 2 is 1.80 bits per heavy atom. The van der Waals surface area contributed by atoms with Crippen molar-refractivity contribution in [3.8, 4) is 5.75 Å². The van der Waals surface area contributed by atoms with Gasteiger partial charge in [0, 0.05) is 0 Å². The molecule has 0 unspecified atom stereocenters. The van der Waals surface area contributed by atoms with Crippen molar-refractivity contribution in [2.24, 2.45) is 5.92 Å². The quantitative estimate of drug-likeness (QED) is 0.723. The molecule has 0 aromatic heterocycles. The molecule has 0 N–H and O–H groups in total. The molecular formula is C14H22O. The van der Waals surface area contributed by atoms with E-state index in [2.05, 4.69) is 45.9 Å². The molecule has 0 aliphatic heterocycles. The topological polar surface area (TPSA) is 9.23 Å². The number of benzene rings is 1. The Balaban J connectivity index is 3.10. The molecule has 1 nitrogen and oxygen atoms in total. The second-order valence-corrected chi connectivity index (χ2v) is 4.79. The summed E-state index contributed by atoms with van der Waals surface area (Å²) in [5.41, 5.74) is 2.65. The predicted octanol–water partition coefficient (Wildman–Crippen LogP) is 4.02. The molecule has 1 rings (SSSR count). The number of hydrogen-bond donors (Lipinski definition) is 0. The van der Waals surface area contributed by atoms with Gasteiger partial charge >= 0.3 is 0 Å². The summed E-state index contributed by atoms with van der Waals surface area (Å²) in [6, 6.07) is 6.47. The first-order valence-electron chi connectivity index (χ1n) is 5.72. The van der Waals surface area contributed by atoms with Gasteiger partial charge in [-0.05, 0) is 29.4 Å². The van der Waals surface area contributed by atoms with Gasteiger partial charge in [-0.15, -0.1) is 0 Å². The first kappa shape index (κ1) is 12.1. The molecule has 1 heteroatoms. The first-order valence-corrected chi connectivity index (χ1v) is 5.72. The maximum Gasteiger partial charge on any atom is 0.125 e. The van der Waals surface area contributed by atoms with Crippen LogP contribution >= 0.6 is 0 Å². The van der Waals surface area contributed by atoms with Crippen LogP contribution < -0.4 is 4.74 Å². The molecule has 84 valence electrons. The Morgan fingerprint density at radius 3 is 2.27 bits per heavy atom. The minimum absolute atomic E-state index is 0.520. The molecule has 15 heavy (non-hydrogen) atoms. The summed E-state index contributed by atoms with van der Waals surface area (Å²) in [5, 5.41) is 0. The van der Waals surface area contributed by atoms with Crippen LogP contribution in [0.3, 0.4) is 0 Å². The van der Waals surface area contributed by atoms with Gasteiger partial charge in [0.25, 0.3) is 0 Å². The van der Waals surface area contributed by atoms with Crippen LogP contribution in [0.25, 0.3) is 0 Å². The van der Waals surface area contributed by atoms with Gasteiger partial charge in [0.05, 0.1) is 7.11 Å². The van der Waals surface area contributed by atoms with Gasteiger partial charge in [-0.3, -0.25) is 0 Å². The molecule has 1 aromatic rings. The van der Waals surface area contributed by atoms with Crippen molar-refractivity contribution in [3.63, 3.8) is 0 Å². The van der Waals surface area contributed by atoms with Crippen LogP contribution in [0.2, 0.25) is 0 Å². The monoisotopic (exact) mass is 206 g/mol. The molecular weight excluding hydrogens is 184 g/mol. The predicted molar refractivity (Wildman–Crippen MR) is 65.6 cm³/mol. The Labute approximate surface area is 93.5 Å². The molecule has 0 spiro atoms. The first-order chi connectivity index (χ1) is 7.06. The van der Waals surface area contributed by atoms with Crippen molar-refractivity contribution in [1.29, 1.82) is 0 Å². The van der Waals surface area contributed by atoms with E-state index in [1.54, 1.807) is 7.11 Å². The Hall–Kier alpha value is -0.980. The Morgan fingerprint density at radius 1 is 1.13 bits per heavy atom. The van der Waals surface area contributed by atoms with Crippen molar-refractivity contribution >= 4 is 0 Å². The highest BCUT2D eigenvalue weighted by Crippen LogP contribution is 2.31. The minimum atomic E-state index is 0.520. The van der Waals surface area contributed by atoms with Crippen molar-refractivity contribution < 1.29 is 4.74 Å². The third kappa shape index (κ3) is 2.98. The van der Waals surface area contributed by atoms with E-state index in [0.717, 1.165) is 12.2 Å². The fourth-order valence-electron chi connectivity index (χ4n) is 1.91. The van der Waals surface area contributed by atoms with Crippen molar-refractivity contribution in [2.45, 2.75) is 40.0 Å². The van der Waals surface area contributed by atoms with Crippen LogP contribution in [0.4, 0.5) is 0 Å². The summed E-state index contributed by atoms with van der Waals surface area (Å²) < 4.78 is 5.54. The molecule has 0 bridgehead atoms. The largest absolute Gasteiger partial charge is 0.496 e. The maximum absolute atomic E-state index is 5.54. The van der Waals surface area contributed by atoms with Crippen LogP contribution in [0.5, 0.6) is 5.75 Å². The molecule has 0 amide bonds. The van der Waals surface area contributed by atoms with E-state index in [9.17, 15) is 0 Å². The van der Waals surface area contributed by atoms with Crippen molar-refractivity contribution in [3.05, 3.63) is 29.3 Å². The van der Waals surface area contributed by atoms with Gasteiger partial charge < -0.3 is 4.74 Å². The van der Waals surface area contributed by atoms with Crippen LogP contribution in [0.15, 0.2) is 18.2 Å².